The predicted molar refractivity (Wildman–Crippen MR) is 330 cm³/mol. The number of rotatable bonds is 20. The number of nitrogens with zero attached hydrogens (tertiary/aromatic N) is 8. The Labute approximate surface area is 519 Å². The summed E-state index contributed by atoms with van der Waals surface area (Å²) in [4.78, 5) is 123. The van der Waals surface area contributed by atoms with Crippen molar-refractivity contribution in [2.75, 3.05) is 41.4 Å². The molecular formula is C66H96N8O14. The van der Waals surface area contributed by atoms with Gasteiger partial charge in [-0.25, -0.2) is 19.2 Å². The highest BCUT2D eigenvalue weighted by Crippen LogP contribution is 2.26. The average Bonchev–Trinajstić information content (AvgIpc) is 1.62. The first-order valence-electron chi connectivity index (χ1n) is 30.8. The summed E-state index contributed by atoms with van der Waals surface area (Å²) < 4.78 is 39.4. The number of carbonyl (C=O) groups excluding carboxylic acids is 8. The summed E-state index contributed by atoms with van der Waals surface area (Å²) in [6.07, 6.45) is -2.81. The molecule has 22 nitrogen and oxygen atoms in total. The van der Waals surface area contributed by atoms with Crippen LogP contribution in [0.2, 0.25) is 0 Å². The maximum absolute atomic E-state index is 15.1. The quantitative estimate of drug-likeness (QED) is 0.0612. The molecule has 5 rings (SSSR count). The standard InChI is InChI=1S/C66H96N8O14/c1-19-83-57-35-67-73(43(57)11)37-49-25-21-47(22-26-49)33-55-61(77)71(17)51(29-39(3)4)63(79)85-46(14)60(76)70(16)54(32-42(9)10)66(82)88-56(34-48-23-27-50(28-24-48)38-74-44(12)58(36-68-74)84-20-2)62(78)72(18)52(30-40(5)6)64(80)86-45(13)59(75)69(15)53(31-41(7)8)65(81)87-55/h21-28,35-36,39-42,45-46,51-56H,19-20,29-34,37-38H2,1-18H3/t45-,46-,51+,52+,53+,54+,55-,56-/m1/s1. The number of ether oxygens (including phenoxy) is 6. The summed E-state index contributed by atoms with van der Waals surface area (Å²) in [7, 11) is 5.57. The molecule has 0 radical (unpaired) electrons. The van der Waals surface area contributed by atoms with Gasteiger partial charge in [-0.2, -0.15) is 10.2 Å². The number of cyclic esters (lactones) is 4. The van der Waals surface area contributed by atoms with E-state index in [1.54, 1.807) is 46.0 Å². The van der Waals surface area contributed by atoms with Crippen LogP contribution in [-0.4, -0.2) is 177 Å². The highest BCUT2D eigenvalue weighted by atomic mass is 16.6. The lowest BCUT2D eigenvalue weighted by Crippen LogP contribution is -2.55. The Bertz CT molecular complexity index is 2790. The van der Waals surface area contributed by atoms with Crippen molar-refractivity contribution >= 4 is 47.5 Å². The fourth-order valence-electron chi connectivity index (χ4n) is 10.6. The highest BCUT2D eigenvalue weighted by molar-refractivity contribution is 5.94. The van der Waals surface area contributed by atoms with Gasteiger partial charge in [0.1, 0.15) is 24.2 Å². The van der Waals surface area contributed by atoms with Gasteiger partial charge in [0.2, 0.25) is 0 Å². The molecule has 2 aromatic heterocycles. The first-order chi connectivity index (χ1) is 41.5. The van der Waals surface area contributed by atoms with Crippen molar-refractivity contribution < 1.29 is 66.8 Å². The van der Waals surface area contributed by atoms with Crippen LogP contribution in [0.3, 0.4) is 0 Å². The van der Waals surface area contributed by atoms with Crippen LogP contribution in [0.25, 0.3) is 0 Å². The minimum atomic E-state index is -1.56. The van der Waals surface area contributed by atoms with E-state index in [0.29, 0.717) is 48.9 Å². The number of hydrogen-bond donors (Lipinski definition) is 0. The number of esters is 4. The van der Waals surface area contributed by atoms with Gasteiger partial charge >= 0.3 is 23.9 Å². The normalized spacial score (nSPS) is 22.2. The summed E-state index contributed by atoms with van der Waals surface area (Å²) in [5, 5.41) is 8.95. The first-order valence-corrected chi connectivity index (χ1v) is 30.8. The van der Waals surface area contributed by atoms with Crippen LogP contribution in [0.4, 0.5) is 0 Å². The SMILES string of the molecule is CCOc1cnn(Cc2ccc(C[C@H]3OC(=O)[C@H](CC(C)C)N(C)C(=O)[C@@H](C)OC(=O)[C@H](CC(C)C)N(C)C(=O)[C@@H](Cc4ccc(Cn5ncc(OCC)c5C)cc4)OC(=O)[C@H](CC(C)C)N(C)C(=O)[C@@H](C)OC(=O)[C@H](CC(C)C)N(C)C3=O)cc2)c1C. The van der Waals surface area contributed by atoms with E-state index in [4.69, 9.17) is 28.4 Å². The average molecular weight is 1230 g/mol. The van der Waals surface area contributed by atoms with Gasteiger partial charge in [-0.15, -0.1) is 0 Å². The molecule has 484 valence electrons. The molecule has 3 heterocycles. The largest absolute Gasteiger partial charge is 0.490 e. The molecule has 4 aromatic rings. The lowest BCUT2D eigenvalue weighted by atomic mass is 9.99. The summed E-state index contributed by atoms with van der Waals surface area (Å²) in [5.74, 6) is -6.22. The molecule has 2 aromatic carbocycles. The topological polar surface area (TPSA) is 241 Å². The Morgan fingerprint density at radius 2 is 0.682 bits per heavy atom. The Morgan fingerprint density at radius 3 is 0.955 bits per heavy atom. The van der Waals surface area contributed by atoms with Crippen LogP contribution in [0.5, 0.6) is 11.5 Å². The fraction of sp³-hybridized carbons (Fsp3) is 0.606. The van der Waals surface area contributed by atoms with Crippen molar-refractivity contribution in [2.45, 2.75) is 197 Å². The molecule has 0 N–H and O–H groups in total. The van der Waals surface area contributed by atoms with Crippen molar-refractivity contribution in [3.8, 4) is 11.5 Å². The fourth-order valence-corrected chi connectivity index (χ4v) is 10.6. The lowest BCUT2D eigenvalue weighted by Gasteiger charge is -2.35. The highest BCUT2D eigenvalue weighted by Gasteiger charge is 2.43. The van der Waals surface area contributed by atoms with Gasteiger partial charge in [-0.05, 0) is 113 Å². The van der Waals surface area contributed by atoms with Gasteiger partial charge in [-0.3, -0.25) is 28.5 Å². The van der Waals surface area contributed by atoms with E-state index in [-0.39, 0.29) is 62.2 Å². The minimum absolute atomic E-state index is 0.0705. The second-order valence-electron chi connectivity index (χ2n) is 24.8. The van der Waals surface area contributed by atoms with Crippen molar-refractivity contribution in [1.29, 1.82) is 0 Å². The van der Waals surface area contributed by atoms with Crippen LogP contribution in [0.1, 0.15) is 142 Å². The predicted octanol–water partition coefficient (Wildman–Crippen LogP) is 7.57. The molecule has 8 atom stereocenters. The molecule has 22 heteroatoms. The Kier molecular flexibility index (Phi) is 26.2. The lowest BCUT2D eigenvalue weighted by molar-refractivity contribution is -0.176. The smallest absolute Gasteiger partial charge is 0.329 e. The maximum atomic E-state index is 15.1. The number of carbonyl (C=O) groups is 8. The second-order valence-corrected chi connectivity index (χ2v) is 24.8. The van der Waals surface area contributed by atoms with Crippen LogP contribution in [-0.2, 0) is 83.2 Å². The summed E-state index contributed by atoms with van der Waals surface area (Å²) in [6.45, 7) is 26.9. The Balaban J connectivity index is 1.58. The minimum Gasteiger partial charge on any atom is -0.490 e. The zero-order valence-corrected chi connectivity index (χ0v) is 55.1. The van der Waals surface area contributed by atoms with Crippen molar-refractivity contribution in [3.63, 3.8) is 0 Å². The Morgan fingerprint density at radius 1 is 0.420 bits per heavy atom. The van der Waals surface area contributed by atoms with E-state index in [2.05, 4.69) is 10.2 Å². The molecular weight excluding hydrogens is 1130 g/mol. The van der Waals surface area contributed by atoms with E-state index in [9.17, 15) is 28.8 Å². The summed E-state index contributed by atoms with van der Waals surface area (Å²) in [5.41, 5.74) is 4.65. The molecule has 0 saturated carbocycles. The van der Waals surface area contributed by atoms with E-state index < -0.39 is 96.1 Å². The molecule has 0 unspecified atom stereocenters. The van der Waals surface area contributed by atoms with Crippen LogP contribution in [0, 0.1) is 37.5 Å². The molecule has 1 aliphatic rings. The van der Waals surface area contributed by atoms with Gasteiger partial charge in [-0.1, -0.05) is 104 Å². The van der Waals surface area contributed by atoms with E-state index in [1.165, 1.54) is 42.0 Å². The van der Waals surface area contributed by atoms with Gasteiger partial charge in [0, 0.05) is 41.0 Å². The van der Waals surface area contributed by atoms with E-state index >= 15 is 9.59 Å². The van der Waals surface area contributed by atoms with Gasteiger partial charge in [0.15, 0.2) is 35.9 Å². The molecule has 88 heavy (non-hydrogen) atoms. The molecule has 1 saturated heterocycles. The second kappa shape index (κ2) is 32.4. The van der Waals surface area contributed by atoms with Gasteiger partial charge in [0.25, 0.3) is 23.6 Å². The number of amides is 4. The van der Waals surface area contributed by atoms with Crippen molar-refractivity contribution in [1.82, 2.24) is 39.2 Å². The number of benzene rings is 2. The van der Waals surface area contributed by atoms with E-state index in [0.717, 1.165) is 42.1 Å². The van der Waals surface area contributed by atoms with Crippen LogP contribution in [0.15, 0.2) is 60.9 Å². The van der Waals surface area contributed by atoms with Crippen molar-refractivity contribution in [2.24, 2.45) is 23.7 Å². The third kappa shape index (κ3) is 19.1. The summed E-state index contributed by atoms with van der Waals surface area (Å²) >= 11 is 0. The number of likely N-dealkylation sites (N-methyl/N-ethyl adjacent to an activating group) is 4. The summed E-state index contributed by atoms with van der Waals surface area (Å²) in [6, 6.07) is 9.46. The zero-order chi connectivity index (χ0) is 65.4. The Hall–Kier alpha value is -7.78. The van der Waals surface area contributed by atoms with Crippen LogP contribution < -0.4 is 9.47 Å². The molecule has 1 fully saturated rings. The number of hydrogen-bond acceptors (Lipinski definition) is 16. The van der Waals surface area contributed by atoms with Crippen molar-refractivity contribution in [3.05, 3.63) is 94.6 Å². The molecule has 0 spiro atoms. The number of aromatic nitrogens is 4. The van der Waals surface area contributed by atoms with Crippen LogP contribution >= 0.6 is 0 Å². The monoisotopic (exact) mass is 1220 g/mol. The molecule has 4 amide bonds. The first kappa shape index (κ1) is 71.0. The molecule has 1 aliphatic heterocycles. The van der Waals surface area contributed by atoms with Gasteiger partial charge in [0.05, 0.1) is 50.1 Å². The maximum Gasteiger partial charge on any atom is 0.329 e. The molecule has 0 bridgehead atoms. The third-order valence-corrected chi connectivity index (χ3v) is 15.7. The van der Waals surface area contributed by atoms with E-state index in [1.807, 2.05) is 107 Å². The van der Waals surface area contributed by atoms with Gasteiger partial charge < -0.3 is 48.0 Å². The third-order valence-electron chi connectivity index (χ3n) is 15.7. The molecule has 0 aliphatic carbocycles. The zero-order valence-electron chi connectivity index (χ0n) is 55.1.